The molecule has 1 aromatic rings. The summed E-state index contributed by atoms with van der Waals surface area (Å²) in [6, 6.07) is 3.33. The van der Waals surface area contributed by atoms with Crippen LogP contribution in [0.2, 0.25) is 0 Å². The van der Waals surface area contributed by atoms with Gasteiger partial charge in [0.05, 0.1) is 19.1 Å². The lowest BCUT2D eigenvalue weighted by Crippen LogP contribution is -2.43. The summed E-state index contributed by atoms with van der Waals surface area (Å²) in [7, 11) is 0. The van der Waals surface area contributed by atoms with Crippen LogP contribution in [0.5, 0.6) is 11.5 Å². The van der Waals surface area contributed by atoms with Crippen LogP contribution in [0, 0.1) is 5.92 Å². The number of carbonyl (C=O) groups is 4. The molecule has 2 atom stereocenters. The van der Waals surface area contributed by atoms with Crippen LogP contribution >= 0.6 is 0 Å². The number of hydrogen-bond donors (Lipinski definition) is 2. The number of benzene rings is 1. The summed E-state index contributed by atoms with van der Waals surface area (Å²) in [5.74, 6) is -1.97. The number of nitrogens with one attached hydrogen (secondary N) is 1. The van der Waals surface area contributed by atoms with Gasteiger partial charge in [-0.2, -0.15) is 0 Å². The number of rotatable bonds is 18. The number of ether oxygens (including phenoxy) is 5. The van der Waals surface area contributed by atoms with Gasteiger partial charge in [-0.1, -0.05) is 59.4 Å². The summed E-state index contributed by atoms with van der Waals surface area (Å²) in [4.78, 5) is 48.0. The van der Waals surface area contributed by atoms with Crippen LogP contribution in [-0.4, -0.2) is 61.3 Å². The highest BCUT2D eigenvalue weighted by Crippen LogP contribution is 2.30. The van der Waals surface area contributed by atoms with E-state index >= 15 is 0 Å². The van der Waals surface area contributed by atoms with Crippen molar-refractivity contribution < 1.29 is 48.0 Å². The number of carboxylic acid groups (broad SMARTS) is 1. The van der Waals surface area contributed by atoms with Crippen molar-refractivity contribution in [3.8, 4) is 11.5 Å². The number of unbranched alkanes of at least 4 members (excludes halogenated alkanes) is 4. The van der Waals surface area contributed by atoms with Gasteiger partial charge in [-0.15, -0.1) is 0 Å². The van der Waals surface area contributed by atoms with Gasteiger partial charge in [0.25, 0.3) is 0 Å². The minimum atomic E-state index is -1.12. The maximum Gasteiger partial charge on any atom is 0.513 e. The molecular weight excluding hydrogens is 510 g/mol. The van der Waals surface area contributed by atoms with E-state index in [4.69, 9.17) is 23.7 Å². The molecule has 0 aliphatic carbocycles. The van der Waals surface area contributed by atoms with E-state index in [1.54, 1.807) is 26.8 Å². The van der Waals surface area contributed by atoms with E-state index in [-0.39, 0.29) is 49.6 Å². The first-order chi connectivity index (χ1) is 18.6. The minimum Gasteiger partial charge on any atom is -0.480 e. The van der Waals surface area contributed by atoms with Gasteiger partial charge in [-0.3, -0.25) is 9.59 Å². The Labute approximate surface area is 230 Å². The molecule has 11 heteroatoms. The summed E-state index contributed by atoms with van der Waals surface area (Å²) < 4.78 is 26.0. The van der Waals surface area contributed by atoms with Gasteiger partial charge in [-0.25, -0.2) is 9.59 Å². The average Bonchev–Trinajstić information content (AvgIpc) is 2.88. The average molecular weight is 554 g/mol. The van der Waals surface area contributed by atoms with Crippen molar-refractivity contribution in [1.82, 2.24) is 5.32 Å². The SMILES string of the molecule is CCCCCOC(=O)Oc1ccc(C[C@H](NCC(C)OC(=O)C(C)C)C(=O)O)cc1OC(=O)OCCCCC. The molecule has 0 amide bonds. The second-order valence-corrected chi connectivity index (χ2v) is 9.50. The quantitative estimate of drug-likeness (QED) is 0.106. The van der Waals surface area contributed by atoms with Crippen molar-refractivity contribution in [3.63, 3.8) is 0 Å². The summed E-state index contributed by atoms with van der Waals surface area (Å²) in [5.41, 5.74) is 0.485. The Kier molecular flexibility index (Phi) is 16.3. The van der Waals surface area contributed by atoms with E-state index in [0.717, 1.165) is 25.7 Å². The molecule has 0 heterocycles. The van der Waals surface area contributed by atoms with Crippen LogP contribution in [-0.2, 0) is 30.2 Å². The van der Waals surface area contributed by atoms with Gasteiger partial charge in [0.1, 0.15) is 12.1 Å². The molecule has 0 spiro atoms. The molecule has 11 nitrogen and oxygen atoms in total. The lowest BCUT2D eigenvalue weighted by atomic mass is 10.0. The molecule has 1 unspecified atom stereocenters. The van der Waals surface area contributed by atoms with Crippen LogP contribution in [0.25, 0.3) is 0 Å². The number of aliphatic carboxylic acids is 1. The van der Waals surface area contributed by atoms with Crippen molar-refractivity contribution in [1.29, 1.82) is 0 Å². The van der Waals surface area contributed by atoms with Crippen LogP contribution in [0.3, 0.4) is 0 Å². The highest BCUT2D eigenvalue weighted by atomic mass is 16.7. The Morgan fingerprint density at radius 3 is 1.92 bits per heavy atom. The molecule has 39 heavy (non-hydrogen) atoms. The lowest BCUT2D eigenvalue weighted by molar-refractivity contribution is -0.151. The monoisotopic (exact) mass is 553 g/mol. The van der Waals surface area contributed by atoms with E-state index < -0.39 is 30.4 Å². The van der Waals surface area contributed by atoms with Crippen LogP contribution in [0.1, 0.15) is 78.7 Å². The third kappa shape index (κ3) is 14.4. The second-order valence-electron chi connectivity index (χ2n) is 9.50. The van der Waals surface area contributed by atoms with Crippen molar-refractivity contribution >= 4 is 24.2 Å². The number of carbonyl (C=O) groups excluding carboxylic acids is 3. The molecule has 0 aromatic heterocycles. The van der Waals surface area contributed by atoms with Gasteiger partial charge >= 0.3 is 24.2 Å². The normalized spacial score (nSPS) is 12.4. The third-order valence-electron chi connectivity index (χ3n) is 5.51. The molecule has 1 aromatic carbocycles. The molecule has 0 fully saturated rings. The molecule has 0 saturated heterocycles. The summed E-state index contributed by atoms with van der Waals surface area (Å²) in [6.45, 7) is 9.62. The van der Waals surface area contributed by atoms with Crippen LogP contribution in [0.4, 0.5) is 9.59 Å². The smallest absolute Gasteiger partial charge is 0.480 e. The Morgan fingerprint density at radius 1 is 0.846 bits per heavy atom. The fourth-order valence-corrected chi connectivity index (χ4v) is 3.26. The summed E-state index contributed by atoms with van der Waals surface area (Å²) >= 11 is 0. The third-order valence-corrected chi connectivity index (χ3v) is 5.51. The Bertz CT molecular complexity index is 918. The maximum atomic E-state index is 12.2. The standard InChI is InChI=1S/C28H43NO10/c1-6-8-10-14-35-27(33)38-23-13-12-21(17-24(23)39-28(34)36-15-11-9-7-2)16-22(25(30)31)29-18-20(5)37-26(32)19(3)4/h12-13,17,19-20,22,29H,6-11,14-16,18H2,1-5H3,(H,30,31)/t20?,22-/m0/s1. The molecule has 0 radical (unpaired) electrons. The summed E-state index contributed by atoms with van der Waals surface area (Å²) in [6.07, 6.45) is 2.62. The number of esters is 1. The molecule has 2 N–H and O–H groups in total. The zero-order chi connectivity index (χ0) is 29.2. The van der Waals surface area contributed by atoms with E-state index in [0.29, 0.717) is 18.4 Å². The number of hydrogen-bond acceptors (Lipinski definition) is 10. The Balaban J connectivity index is 2.96. The van der Waals surface area contributed by atoms with Gasteiger partial charge in [0.2, 0.25) is 0 Å². The van der Waals surface area contributed by atoms with Crippen LogP contribution < -0.4 is 14.8 Å². The molecule has 220 valence electrons. The Morgan fingerprint density at radius 2 is 1.41 bits per heavy atom. The minimum absolute atomic E-state index is 0.00380. The van der Waals surface area contributed by atoms with E-state index in [9.17, 15) is 24.3 Å². The fourth-order valence-electron chi connectivity index (χ4n) is 3.26. The molecular formula is C28H43NO10. The van der Waals surface area contributed by atoms with E-state index in [1.807, 2.05) is 13.8 Å². The van der Waals surface area contributed by atoms with Gasteiger partial charge in [0, 0.05) is 6.54 Å². The fraction of sp³-hybridized carbons (Fsp3) is 0.643. The van der Waals surface area contributed by atoms with Crippen molar-refractivity contribution in [2.45, 2.75) is 91.7 Å². The zero-order valence-corrected chi connectivity index (χ0v) is 23.7. The predicted octanol–water partition coefficient (Wildman–Crippen LogP) is 5.27. The first kappa shape index (κ1) is 33.7. The van der Waals surface area contributed by atoms with E-state index in [1.165, 1.54) is 12.1 Å². The topological polar surface area (TPSA) is 147 Å². The van der Waals surface area contributed by atoms with Crippen molar-refractivity contribution in [2.75, 3.05) is 19.8 Å². The molecule has 0 aliphatic rings. The first-order valence-electron chi connectivity index (χ1n) is 13.6. The molecule has 0 saturated carbocycles. The largest absolute Gasteiger partial charge is 0.513 e. The van der Waals surface area contributed by atoms with Gasteiger partial charge in [-0.05, 0) is 43.9 Å². The number of carboxylic acids is 1. The first-order valence-corrected chi connectivity index (χ1v) is 13.6. The maximum absolute atomic E-state index is 12.2. The van der Waals surface area contributed by atoms with Crippen molar-refractivity contribution in [2.24, 2.45) is 5.92 Å². The van der Waals surface area contributed by atoms with Gasteiger partial charge in [0.15, 0.2) is 11.5 Å². The Hall–Kier alpha value is -3.34. The highest BCUT2D eigenvalue weighted by Gasteiger charge is 2.22. The summed E-state index contributed by atoms with van der Waals surface area (Å²) in [5, 5.41) is 12.6. The van der Waals surface area contributed by atoms with Crippen molar-refractivity contribution in [3.05, 3.63) is 23.8 Å². The van der Waals surface area contributed by atoms with E-state index in [2.05, 4.69) is 5.32 Å². The highest BCUT2D eigenvalue weighted by molar-refractivity contribution is 5.74. The molecule has 0 bridgehead atoms. The molecule has 0 aliphatic heterocycles. The van der Waals surface area contributed by atoms with Gasteiger partial charge < -0.3 is 34.1 Å². The second kappa shape index (κ2) is 18.8. The molecule has 1 rings (SSSR count). The predicted molar refractivity (Wildman–Crippen MR) is 143 cm³/mol. The zero-order valence-electron chi connectivity index (χ0n) is 23.7. The van der Waals surface area contributed by atoms with Crippen LogP contribution in [0.15, 0.2) is 18.2 Å². The lowest BCUT2D eigenvalue weighted by Gasteiger charge is -2.20.